The molecule has 0 radical (unpaired) electrons. The van der Waals surface area contributed by atoms with Gasteiger partial charge in [-0.3, -0.25) is 0 Å². The number of hydrogen-bond acceptors (Lipinski definition) is 10. The second kappa shape index (κ2) is 11.0. The molecule has 1 aliphatic heterocycles. The first-order valence-electron chi connectivity index (χ1n) is 13.1. The van der Waals surface area contributed by atoms with Gasteiger partial charge in [0.2, 0.25) is 15.7 Å². The first-order valence-corrected chi connectivity index (χ1v) is 14.7. The Morgan fingerprint density at radius 3 is 2.51 bits per heavy atom. The number of nitrogens with one attached hydrogen (secondary N) is 1. The first-order chi connectivity index (χ1) is 19.0. The highest BCUT2D eigenvalue weighted by atomic mass is 32.2. The molecule has 0 unspecified atom stereocenters. The lowest BCUT2D eigenvalue weighted by atomic mass is 9.88. The molecule has 0 aliphatic carbocycles. The average Bonchev–Trinajstić information content (AvgIpc) is 2.90. The van der Waals surface area contributed by atoms with Gasteiger partial charge in [0.25, 0.3) is 0 Å². The van der Waals surface area contributed by atoms with Gasteiger partial charge in [-0.1, -0.05) is 13.8 Å². The van der Waals surface area contributed by atoms with Crippen LogP contribution in [0.2, 0.25) is 0 Å². The quantitative estimate of drug-likeness (QED) is 0.320. The Morgan fingerprint density at radius 2 is 1.85 bits per heavy atom. The van der Waals surface area contributed by atoms with Crippen molar-refractivity contribution in [3.05, 3.63) is 47.4 Å². The predicted molar refractivity (Wildman–Crippen MR) is 147 cm³/mol. The minimum Gasteiger partial charge on any atom is -0.474 e. The number of nitrogens with two attached hydrogens (primary N) is 1. The Morgan fingerprint density at radius 1 is 1.15 bits per heavy atom. The largest absolute Gasteiger partial charge is 0.497 e. The first kappa shape index (κ1) is 30.4. The molecule has 4 rings (SSSR count). The van der Waals surface area contributed by atoms with Crippen LogP contribution >= 0.6 is 0 Å². The minimum absolute atomic E-state index is 0.0832. The molecule has 0 bridgehead atoms. The van der Waals surface area contributed by atoms with E-state index >= 15 is 0 Å². The molecule has 3 N–H and O–H groups in total. The predicted octanol–water partition coefficient (Wildman–Crippen LogP) is 5.11. The molecule has 0 aromatic carbocycles. The number of sulfone groups is 1. The van der Waals surface area contributed by atoms with Gasteiger partial charge in [0.1, 0.15) is 17.7 Å². The summed E-state index contributed by atoms with van der Waals surface area (Å²) in [4.78, 5) is 25.7. The van der Waals surface area contributed by atoms with Gasteiger partial charge < -0.3 is 20.5 Å². The number of aromatic nitrogens is 3. The van der Waals surface area contributed by atoms with Crippen molar-refractivity contribution >= 4 is 38.2 Å². The third-order valence-corrected chi connectivity index (χ3v) is 8.85. The number of cyclic esters (lactones) is 1. The fourth-order valence-corrected chi connectivity index (χ4v) is 5.23. The smallest absolute Gasteiger partial charge is 0.474 e. The summed E-state index contributed by atoms with van der Waals surface area (Å²) in [6.45, 7) is 8.96. The van der Waals surface area contributed by atoms with Crippen LogP contribution in [-0.4, -0.2) is 52.8 Å². The standard InChI is InChI=1S/C27H32F3N5O5S/c1-6-26(5,31)20-13-33-24(39-14(2)9-10-41(37,38)27(28,29)30)19-12-32-22(11-18(19)20)34-21-8-7-17-23(35-21)15(3)16(4)40-25(17)36/h7-8,11-16H,6,9-10,31H2,1-5H3,(H,32,34,35)/t14-,15-,16-,26+/m0/s1. The molecular weight excluding hydrogens is 563 g/mol. The fourth-order valence-electron chi connectivity index (χ4n) is 4.36. The van der Waals surface area contributed by atoms with Crippen LogP contribution in [0.25, 0.3) is 10.8 Å². The fraction of sp³-hybridized carbons (Fsp3) is 0.481. The highest BCUT2D eigenvalue weighted by molar-refractivity contribution is 7.92. The van der Waals surface area contributed by atoms with Crippen molar-refractivity contribution in [1.29, 1.82) is 0 Å². The number of hydrogen-bond donors (Lipinski definition) is 2. The number of fused-ring (bicyclic) bond motifs is 2. The zero-order chi connectivity index (χ0) is 30.3. The van der Waals surface area contributed by atoms with Crippen molar-refractivity contribution < 1.29 is 35.9 Å². The molecule has 0 fully saturated rings. The maximum atomic E-state index is 12.7. The van der Waals surface area contributed by atoms with Crippen LogP contribution in [0.4, 0.5) is 24.8 Å². The molecule has 4 atom stereocenters. The Bertz CT molecular complexity index is 1580. The number of esters is 1. The lowest BCUT2D eigenvalue weighted by molar-refractivity contribution is -0.0437. The SMILES string of the molecule is CC[C@@](C)(N)c1cnc(O[C@@H](C)CCS(=O)(=O)C(F)(F)F)c2cnc(Nc3ccc4c(n3)[C@@H](C)[C@H](C)OC4=O)cc12. The summed E-state index contributed by atoms with van der Waals surface area (Å²) < 4.78 is 72.3. The van der Waals surface area contributed by atoms with Gasteiger partial charge in [-0.25, -0.2) is 28.2 Å². The number of nitrogens with zero attached hydrogens (tertiary/aromatic N) is 3. The molecule has 0 saturated carbocycles. The molecule has 0 amide bonds. The zero-order valence-corrected chi connectivity index (χ0v) is 24.1. The molecule has 3 aromatic rings. The number of halogens is 3. The summed E-state index contributed by atoms with van der Waals surface area (Å²) in [6.07, 6.45) is 2.00. The minimum atomic E-state index is -5.33. The normalized spacial score (nSPS) is 19.7. The van der Waals surface area contributed by atoms with Crippen molar-refractivity contribution in [2.45, 2.75) is 76.6 Å². The molecule has 4 heterocycles. The Hall–Kier alpha value is -3.52. The number of rotatable bonds is 9. The summed E-state index contributed by atoms with van der Waals surface area (Å²) in [5, 5.41) is 4.24. The van der Waals surface area contributed by atoms with Crippen LogP contribution in [0.5, 0.6) is 5.88 Å². The third kappa shape index (κ3) is 6.22. The summed E-state index contributed by atoms with van der Waals surface area (Å²) in [5.74, 6) is -0.688. The van der Waals surface area contributed by atoms with Crippen molar-refractivity contribution in [3.63, 3.8) is 0 Å². The molecule has 0 saturated heterocycles. The Balaban J connectivity index is 1.67. The van der Waals surface area contributed by atoms with Gasteiger partial charge in [-0.15, -0.1) is 0 Å². The lowest BCUT2D eigenvalue weighted by Gasteiger charge is -2.27. The van der Waals surface area contributed by atoms with E-state index in [-0.39, 0.29) is 17.9 Å². The number of alkyl halides is 3. The molecule has 0 spiro atoms. The Labute approximate surface area is 235 Å². The van der Waals surface area contributed by atoms with Gasteiger partial charge in [0.15, 0.2) is 0 Å². The molecule has 10 nitrogen and oxygen atoms in total. The second-order valence-corrected chi connectivity index (χ2v) is 12.6. The topological polar surface area (TPSA) is 146 Å². The molecule has 3 aromatic heterocycles. The summed E-state index contributed by atoms with van der Waals surface area (Å²) in [5.41, 5.74) is 2.15. The Kier molecular flexibility index (Phi) is 8.20. The third-order valence-electron chi connectivity index (χ3n) is 7.37. The van der Waals surface area contributed by atoms with E-state index in [1.165, 1.54) is 19.3 Å². The van der Waals surface area contributed by atoms with Crippen LogP contribution in [-0.2, 0) is 20.1 Å². The molecular formula is C27H32F3N5O5S. The number of carbonyl (C=O) groups is 1. The van der Waals surface area contributed by atoms with Crippen LogP contribution in [0.15, 0.2) is 30.6 Å². The highest BCUT2D eigenvalue weighted by Crippen LogP contribution is 2.36. The van der Waals surface area contributed by atoms with E-state index in [1.807, 2.05) is 20.8 Å². The number of ether oxygens (including phenoxy) is 2. The van der Waals surface area contributed by atoms with Gasteiger partial charge in [-0.2, -0.15) is 13.2 Å². The number of anilines is 2. The maximum absolute atomic E-state index is 12.7. The average molecular weight is 596 g/mol. The van der Waals surface area contributed by atoms with Crippen LogP contribution in [0.1, 0.15) is 75.0 Å². The van der Waals surface area contributed by atoms with E-state index in [2.05, 4.69) is 20.3 Å². The summed E-state index contributed by atoms with van der Waals surface area (Å²) >= 11 is 0. The van der Waals surface area contributed by atoms with E-state index in [9.17, 15) is 26.4 Å². The van der Waals surface area contributed by atoms with Gasteiger partial charge >= 0.3 is 11.5 Å². The summed E-state index contributed by atoms with van der Waals surface area (Å²) in [7, 11) is -5.28. The molecule has 222 valence electrons. The number of carbonyl (C=O) groups excluding carboxylic acids is 1. The van der Waals surface area contributed by atoms with Crippen LogP contribution < -0.4 is 15.8 Å². The maximum Gasteiger partial charge on any atom is 0.497 e. The van der Waals surface area contributed by atoms with Crippen LogP contribution in [0.3, 0.4) is 0 Å². The van der Waals surface area contributed by atoms with Gasteiger partial charge in [0.05, 0.1) is 28.5 Å². The van der Waals surface area contributed by atoms with E-state index in [1.54, 1.807) is 25.1 Å². The van der Waals surface area contributed by atoms with Gasteiger partial charge in [-0.05, 0) is 62.8 Å². The summed E-state index contributed by atoms with van der Waals surface area (Å²) in [6, 6.07) is 5.03. The second-order valence-electron chi connectivity index (χ2n) is 10.5. The molecule has 1 aliphatic rings. The highest BCUT2D eigenvalue weighted by Gasteiger charge is 2.45. The van der Waals surface area contributed by atoms with Crippen molar-refractivity contribution in [1.82, 2.24) is 15.0 Å². The van der Waals surface area contributed by atoms with Gasteiger partial charge in [0, 0.05) is 23.9 Å². The van der Waals surface area contributed by atoms with E-state index in [0.29, 0.717) is 45.6 Å². The zero-order valence-electron chi connectivity index (χ0n) is 23.2. The van der Waals surface area contributed by atoms with Crippen LogP contribution in [0, 0.1) is 0 Å². The molecule has 14 heteroatoms. The van der Waals surface area contributed by atoms with E-state index in [4.69, 9.17) is 15.2 Å². The van der Waals surface area contributed by atoms with Crippen molar-refractivity contribution in [3.8, 4) is 5.88 Å². The lowest BCUT2D eigenvalue weighted by Crippen LogP contribution is -2.32. The number of pyridine rings is 3. The monoisotopic (exact) mass is 595 g/mol. The van der Waals surface area contributed by atoms with Crippen molar-refractivity contribution in [2.24, 2.45) is 5.73 Å². The molecule has 41 heavy (non-hydrogen) atoms. The van der Waals surface area contributed by atoms with E-state index in [0.717, 1.165) is 0 Å². The van der Waals surface area contributed by atoms with Crippen molar-refractivity contribution in [2.75, 3.05) is 11.1 Å². The van der Waals surface area contributed by atoms with E-state index < -0.39 is 45.1 Å².